The van der Waals surface area contributed by atoms with Crippen molar-refractivity contribution in [2.45, 2.75) is 20.8 Å². The molecule has 0 amide bonds. The van der Waals surface area contributed by atoms with E-state index in [4.69, 9.17) is 28.4 Å². The molecular formula is C34H36BF4NO6. The first-order chi connectivity index (χ1) is 21.5. The van der Waals surface area contributed by atoms with Crippen molar-refractivity contribution in [3.8, 4) is 51.3 Å². The van der Waals surface area contributed by atoms with Crippen LogP contribution in [0.2, 0.25) is 0 Å². The van der Waals surface area contributed by atoms with Gasteiger partial charge in [0, 0.05) is 23.8 Å². The predicted molar refractivity (Wildman–Crippen MR) is 171 cm³/mol. The number of aryl methyl sites for hydroxylation is 3. The molecule has 46 heavy (non-hydrogen) atoms. The van der Waals surface area contributed by atoms with Gasteiger partial charge in [-0.05, 0) is 37.5 Å². The van der Waals surface area contributed by atoms with Crippen LogP contribution < -0.4 is 37.7 Å². The zero-order chi connectivity index (χ0) is 33.0. The first-order valence-electron chi connectivity index (χ1n) is 13.9. The van der Waals surface area contributed by atoms with Crippen LogP contribution in [0.15, 0.2) is 54.6 Å². The van der Waals surface area contributed by atoms with Crippen molar-refractivity contribution in [3.63, 3.8) is 0 Å². The Kier molecular flexibility index (Phi) is 11.6. The number of aromatic nitrogens is 1. The fourth-order valence-electron chi connectivity index (χ4n) is 5.84. The normalized spacial score (nSPS) is 10.4. The van der Waals surface area contributed by atoms with Crippen LogP contribution in [0.25, 0.3) is 38.6 Å². The molecular weight excluding hydrogens is 605 g/mol. The molecule has 0 atom stereocenters. The number of halogens is 4. The number of hydrogen-bond donors (Lipinski definition) is 0. The molecule has 0 aliphatic heterocycles. The molecule has 0 fully saturated rings. The summed E-state index contributed by atoms with van der Waals surface area (Å²) in [4.78, 5) is 0. The molecule has 5 rings (SSSR count). The molecule has 0 spiro atoms. The van der Waals surface area contributed by atoms with Gasteiger partial charge >= 0.3 is 7.54 Å². The summed E-state index contributed by atoms with van der Waals surface area (Å²) in [6.07, 6.45) is 0. The standard InChI is InChI=1S/C34H36NO6.BF3.FH/c1-19-10-20(2)31(21(3)11-19)34-32-27(15-25(38-6)17-29(32)40-8)35(22-12-23(36-4)14-24(13-22)37-5)28-16-26(39-7)18-30(41-9)33(28)34;2-1(3)4;/h10-18H,1-9H3;;1H/q+1;;/p-1. The third kappa shape index (κ3) is 6.85. The zero-order valence-corrected chi connectivity index (χ0v) is 27.2. The van der Waals surface area contributed by atoms with E-state index in [1.807, 2.05) is 42.5 Å². The Hall–Kier alpha value is -4.87. The molecule has 0 saturated heterocycles. The van der Waals surface area contributed by atoms with Gasteiger partial charge in [-0.2, -0.15) is 4.57 Å². The third-order valence-corrected chi connectivity index (χ3v) is 7.52. The van der Waals surface area contributed by atoms with Crippen molar-refractivity contribution in [1.82, 2.24) is 0 Å². The average molecular weight is 641 g/mol. The van der Waals surface area contributed by atoms with Crippen LogP contribution in [-0.4, -0.2) is 50.2 Å². The molecule has 0 saturated carbocycles. The van der Waals surface area contributed by atoms with Crippen LogP contribution in [-0.2, 0) is 0 Å². The largest absolute Gasteiger partial charge is 1.00 e. The first-order valence-corrected chi connectivity index (χ1v) is 13.9. The van der Waals surface area contributed by atoms with Gasteiger partial charge in [-0.3, -0.25) is 12.9 Å². The van der Waals surface area contributed by atoms with E-state index in [1.54, 1.807) is 42.7 Å². The summed E-state index contributed by atoms with van der Waals surface area (Å²) >= 11 is 0. The molecule has 0 N–H and O–H groups in total. The minimum absolute atomic E-state index is 0. The summed E-state index contributed by atoms with van der Waals surface area (Å²) in [6, 6.07) is 18.1. The Morgan fingerprint density at radius 1 is 0.500 bits per heavy atom. The molecule has 0 unspecified atom stereocenters. The number of fused-ring (bicyclic) bond motifs is 2. The molecule has 1 aromatic heterocycles. The van der Waals surface area contributed by atoms with Gasteiger partial charge in [0.2, 0.25) is 16.7 Å². The summed E-state index contributed by atoms with van der Waals surface area (Å²) in [5.41, 5.74) is 8.20. The number of methoxy groups -OCH3 is 6. The van der Waals surface area contributed by atoms with Gasteiger partial charge in [-0.1, -0.05) is 17.7 Å². The Balaban J connectivity index is 0.00000109. The summed E-state index contributed by atoms with van der Waals surface area (Å²) < 4.78 is 66.2. The van der Waals surface area contributed by atoms with E-state index in [1.165, 1.54) is 5.56 Å². The van der Waals surface area contributed by atoms with Crippen molar-refractivity contribution in [1.29, 1.82) is 0 Å². The van der Waals surface area contributed by atoms with Crippen molar-refractivity contribution in [2.24, 2.45) is 0 Å². The SMILES string of the molecule is COc1cc(OC)cc(-[n+]2c3cc(OC)cc(OC)c3c(-c3c(C)cc(C)cc3C)c3c(OC)cc(OC)cc32)c1.FB(F)F.[F-]. The van der Waals surface area contributed by atoms with Crippen molar-refractivity contribution >= 4 is 29.3 Å². The van der Waals surface area contributed by atoms with Crippen molar-refractivity contribution < 1.29 is 50.6 Å². The number of nitrogens with zero attached hydrogens (tertiary/aromatic N) is 1. The van der Waals surface area contributed by atoms with Gasteiger partial charge in [-0.25, -0.2) is 0 Å². The number of hydrogen-bond acceptors (Lipinski definition) is 6. The smallest absolute Gasteiger partial charge is 0.762 e. The number of rotatable bonds is 8. The fraction of sp³-hybridized carbons (Fsp3) is 0.265. The highest BCUT2D eigenvalue weighted by Gasteiger charge is 2.31. The van der Waals surface area contributed by atoms with Gasteiger partial charge in [0.1, 0.15) is 34.5 Å². The Morgan fingerprint density at radius 2 is 0.870 bits per heavy atom. The van der Waals surface area contributed by atoms with Gasteiger partial charge in [0.25, 0.3) is 0 Å². The van der Waals surface area contributed by atoms with E-state index in [-0.39, 0.29) is 4.70 Å². The second-order valence-electron chi connectivity index (χ2n) is 10.2. The van der Waals surface area contributed by atoms with Gasteiger partial charge in [0.15, 0.2) is 0 Å². The minimum atomic E-state index is -3.67. The van der Waals surface area contributed by atoms with Crippen molar-refractivity contribution in [2.75, 3.05) is 42.7 Å². The van der Waals surface area contributed by atoms with Crippen LogP contribution in [0, 0.1) is 20.8 Å². The maximum absolute atomic E-state index is 9.67. The van der Waals surface area contributed by atoms with E-state index in [0.717, 1.165) is 49.7 Å². The highest BCUT2D eigenvalue weighted by Crippen LogP contribution is 2.47. The summed E-state index contributed by atoms with van der Waals surface area (Å²) in [5.74, 6) is 4.00. The molecule has 5 aromatic rings. The molecule has 0 aliphatic carbocycles. The topological polar surface area (TPSA) is 59.3 Å². The van der Waals surface area contributed by atoms with Crippen LogP contribution >= 0.6 is 0 Å². The molecule has 0 aliphatic rings. The number of pyridine rings is 1. The van der Waals surface area contributed by atoms with Gasteiger partial charge in [0.05, 0.1) is 77.7 Å². The predicted octanol–water partition coefficient (Wildman–Crippen LogP) is 4.80. The molecule has 4 aromatic carbocycles. The lowest BCUT2D eigenvalue weighted by molar-refractivity contribution is -0.538. The highest BCUT2D eigenvalue weighted by molar-refractivity contribution is 6.33. The van der Waals surface area contributed by atoms with Crippen LogP contribution in [0.3, 0.4) is 0 Å². The third-order valence-electron chi connectivity index (χ3n) is 7.52. The van der Waals surface area contributed by atoms with Crippen LogP contribution in [0.1, 0.15) is 16.7 Å². The first kappa shape index (κ1) is 35.6. The highest BCUT2D eigenvalue weighted by atomic mass is 19.4. The lowest BCUT2D eigenvalue weighted by Crippen LogP contribution is -3.00. The molecule has 244 valence electrons. The molecule has 0 bridgehead atoms. The maximum Gasteiger partial charge on any atom is 0.762 e. The van der Waals surface area contributed by atoms with Crippen LogP contribution in [0.5, 0.6) is 34.5 Å². The average Bonchev–Trinajstić information content (AvgIpc) is 3.01. The quantitative estimate of drug-likeness (QED) is 0.105. The lowest BCUT2D eigenvalue weighted by Gasteiger charge is -2.20. The van der Waals surface area contributed by atoms with Gasteiger partial charge in [-0.15, -0.1) is 0 Å². The van der Waals surface area contributed by atoms with E-state index in [0.29, 0.717) is 34.5 Å². The zero-order valence-electron chi connectivity index (χ0n) is 27.2. The maximum atomic E-state index is 9.67. The van der Waals surface area contributed by atoms with Crippen LogP contribution in [0.4, 0.5) is 12.9 Å². The second kappa shape index (κ2) is 14.9. The van der Waals surface area contributed by atoms with Gasteiger partial charge < -0.3 is 33.1 Å². The van der Waals surface area contributed by atoms with E-state index in [9.17, 15) is 12.9 Å². The Labute approximate surface area is 266 Å². The second-order valence-corrected chi connectivity index (χ2v) is 10.2. The summed E-state index contributed by atoms with van der Waals surface area (Å²) in [6.45, 7) is 6.41. The van der Waals surface area contributed by atoms with E-state index in [2.05, 4.69) is 37.5 Å². The molecule has 0 radical (unpaired) electrons. The Bertz CT molecular complexity index is 1750. The fourth-order valence-corrected chi connectivity index (χ4v) is 5.84. The lowest BCUT2D eigenvalue weighted by atomic mass is 9.88. The minimum Gasteiger partial charge on any atom is -1.00 e. The molecule has 12 heteroatoms. The van der Waals surface area contributed by atoms with E-state index >= 15 is 0 Å². The van der Waals surface area contributed by atoms with E-state index < -0.39 is 7.54 Å². The number of benzene rings is 4. The monoisotopic (exact) mass is 641 g/mol. The Morgan fingerprint density at radius 3 is 1.22 bits per heavy atom. The summed E-state index contributed by atoms with van der Waals surface area (Å²) in [5, 5.41) is 1.84. The van der Waals surface area contributed by atoms with Crippen molar-refractivity contribution in [3.05, 3.63) is 71.3 Å². The molecule has 7 nitrogen and oxygen atoms in total. The number of ether oxygens (including phenoxy) is 6. The molecule has 1 heterocycles. The summed E-state index contributed by atoms with van der Waals surface area (Å²) in [7, 11) is 6.29.